The van der Waals surface area contributed by atoms with E-state index in [1.165, 1.54) is 5.56 Å². The zero-order valence-corrected chi connectivity index (χ0v) is 12.9. The topological polar surface area (TPSA) is 29.5 Å². The Bertz CT molecular complexity index is 546. The van der Waals surface area contributed by atoms with Crippen molar-refractivity contribution in [3.8, 4) is 5.75 Å². The molecular formula is C20H24O2. The third-order valence-electron chi connectivity index (χ3n) is 3.64. The van der Waals surface area contributed by atoms with Crippen LogP contribution in [0.3, 0.4) is 0 Å². The monoisotopic (exact) mass is 296 g/mol. The Kier molecular flexibility index (Phi) is 6.72. The lowest BCUT2D eigenvalue weighted by molar-refractivity contribution is 0.156. The molecule has 2 aromatic rings. The summed E-state index contributed by atoms with van der Waals surface area (Å²) in [6.07, 6.45) is 4.94. The van der Waals surface area contributed by atoms with E-state index in [4.69, 9.17) is 4.74 Å². The molecule has 1 atom stereocenters. The highest BCUT2D eigenvalue weighted by atomic mass is 16.5. The molecule has 22 heavy (non-hydrogen) atoms. The molecule has 0 unspecified atom stereocenters. The average Bonchev–Trinajstić information content (AvgIpc) is 2.58. The van der Waals surface area contributed by atoms with E-state index in [-0.39, 0.29) is 6.10 Å². The van der Waals surface area contributed by atoms with Crippen LogP contribution in [-0.4, -0.2) is 11.2 Å². The molecule has 2 aromatic carbocycles. The average molecular weight is 296 g/mol. The zero-order chi connectivity index (χ0) is 15.6. The van der Waals surface area contributed by atoms with Gasteiger partial charge in [-0.3, -0.25) is 0 Å². The van der Waals surface area contributed by atoms with Gasteiger partial charge in [0.1, 0.15) is 12.4 Å². The number of rotatable bonds is 9. The van der Waals surface area contributed by atoms with Crippen LogP contribution < -0.4 is 4.74 Å². The van der Waals surface area contributed by atoms with Crippen LogP contribution in [0.25, 0.3) is 0 Å². The highest BCUT2D eigenvalue weighted by Crippen LogP contribution is 2.16. The largest absolute Gasteiger partial charge is 0.489 e. The molecule has 0 aliphatic carbocycles. The van der Waals surface area contributed by atoms with E-state index >= 15 is 0 Å². The van der Waals surface area contributed by atoms with Crippen molar-refractivity contribution in [1.29, 1.82) is 0 Å². The van der Waals surface area contributed by atoms with E-state index in [1.54, 1.807) is 0 Å². The molecule has 0 saturated carbocycles. The summed E-state index contributed by atoms with van der Waals surface area (Å²) in [5.74, 6) is 0.875. The van der Waals surface area contributed by atoms with Crippen LogP contribution in [0.1, 0.15) is 30.4 Å². The van der Waals surface area contributed by atoms with E-state index < -0.39 is 0 Å². The van der Waals surface area contributed by atoms with Gasteiger partial charge in [0.2, 0.25) is 0 Å². The molecule has 0 aliphatic rings. The van der Waals surface area contributed by atoms with Gasteiger partial charge >= 0.3 is 0 Å². The van der Waals surface area contributed by atoms with E-state index in [1.807, 2.05) is 36.4 Å². The van der Waals surface area contributed by atoms with Gasteiger partial charge in [0.25, 0.3) is 0 Å². The van der Waals surface area contributed by atoms with Crippen LogP contribution in [0.4, 0.5) is 0 Å². The Balaban J connectivity index is 1.76. The minimum atomic E-state index is -0.244. The normalized spacial score (nSPS) is 11.9. The molecule has 0 amide bonds. The summed E-state index contributed by atoms with van der Waals surface area (Å²) in [6, 6.07) is 18.3. The summed E-state index contributed by atoms with van der Waals surface area (Å²) in [5.41, 5.74) is 2.39. The molecular weight excluding hydrogens is 272 g/mol. The highest BCUT2D eigenvalue weighted by molar-refractivity contribution is 5.28. The van der Waals surface area contributed by atoms with Crippen molar-refractivity contribution in [2.75, 3.05) is 0 Å². The van der Waals surface area contributed by atoms with Gasteiger partial charge in [-0.05, 0) is 48.9 Å². The molecule has 0 aromatic heterocycles. The second-order valence-electron chi connectivity index (χ2n) is 5.48. The smallest absolute Gasteiger partial charge is 0.119 e. The lowest BCUT2D eigenvalue weighted by atomic mass is 10.0. The van der Waals surface area contributed by atoms with Crippen molar-refractivity contribution in [2.24, 2.45) is 0 Å². The zero-order valence-electron chi connectivity index (χ0n) is 12.9. The van der Waals surface area contributed by atoms with Gasteiger partial charge in [-0.2, -0.15) is 0 Å². The first-order valence-corrected chi connectivity index (χ1v) is 7.82. The predicted molar refractivity (Wildman–Crippen MR) is 91.0 cm³/mol. The molecule has 0 spiro atoms. The van der Waals surface area contributed by atoms with Crippen molar-refractivity contribution in [3.05, 3.63) is 78.4 Å². The van der Waals surface area contributed by atoms with Crippen molar-refractivity contribution in [1.82, 2.24) is 0 Å². The molecule has 0 radical (unpaired) electrons. The molecule has 2 heteroatoms. The van der Waals surface area contributed by atoms with Crippen molar-refractivity contribution in [2.45, 2.75) is 38.4 Å². The van der Waals surface area contributed by atoms with Crippen molar-refractivity contribution >= 4 is 0 Å². The number of aliphatic hydroxyl groups excluding tert-OH is 1. The third kappa shape index (κ3) is 5.74. The van der Waals surface area contributed by atoms with Crippen molar-refractivity contribution in [3.63, 3.8) is 0 Å². The molecule has 1 N–H and O–H groups in total. The number of aryl methyl sites for hydroxylation is 1. The minimum absolute atomic E-state index is 0.244. The number of ether oxygens (including phenoxy) is 1. The number of benzene rings is 2. The molecule has 0 saturated heterocycles. The van der Waals surface area contributed by atoms with E-state index in [0.29, 0.717) is 6.61 Å². The Morgan fingerprint density at radius 1 is 0.955 bits per heavy atom. The SMILES string of the molecule is C=CCC[C@@H](O)CCc1ccc(OCc2ccccc2)cc1. The van der Waals surface area contributed by atoms with Crippen LogP contribution in [0, 0.1) is 0 Å². The molecule has 2 nitrogen and oxygen atoms in total. The lowest BCUT2D eigenvalue weighted by Gasteiger charge is -2.10. The van der Waals surface area contributed by atoms with E-state index in [0.717, 1.165) is 37.0 Å². The van der Waals surface area contributed by atoms with Crippen LogP contribution in [-0.2, 0) is 13.0 Å². The Hall–Kier alpha value is -2.06. The van der Waals surface area contributed by atoms with Crippen molar-refractivity contribution < 1.29 is 9.84 Å². The maximum Gasteiger partial charge on any atom is 0.119 e. The van der Waals surface area contributed by atoms with Gasteiger partial charge in [-0.15, -0.1) is 6.58 Å². The molecule has 0 aliphatic heterocycles. The Morgan fingerprint density at radius 2 is 1.68 bits per heavy atom. The number of hydrogen-bond acceptors (Lipinski definition) is 2. The second-order valence-corrected chi connectivity index (χ2v) is 5.48. The van der Waals surface area contributed by atoms with Gasteiger partial charge < -0.3 is 9.84 Å². The van der Waals surface area contributed by atoms with Crippen LogP contribution in [0.5, 0.6) is 5.75 Å². The van der Waals surface area contributed by atoms with Gasteiger partial charge in [0.05, 0.1) is 6.10 Å². The first kappa shape index (κ1) is 16.3. The fraction of sp³-hybridized carbons (Fsp3) is 0.300. The third-order valence-corrected chi connectivity index (χ3v) is 3.64. The van der Waals surface area contributed by atoms with E-state index in [2.05, 4.69) is 30.8 Å². The Labute approximate surface area is 133 Å². The molecule has 0 fully saturated rings. The molecule has 0 bridgehead atoms. The quantitative estimate of drug-likeness (QED) is 0.689. The molecule has 116 valence electrons. The van der Waals surface area contributed by atoms with E-state index in [9.17, 15) is 5.11 Å². The number of aliphatic hydroxyl groups is 1. The summed E-state index contributed by atoms with van der Waals surface area (Å²) in [5, 5.41) is 9.83. The minimum Gasteiger partial charge on any atom is -0.489 e. The van der Waals surface area contributed by atoms with Crippen LogP contribution in [0.15, 0.2) is 67.3 Å². The number of allylic oxidation sites excluding steroid dienone is 1. The Morgan fingerprint density at radius 3 is 2.36 bits per heavy atom. The fourth-order valence-corrected chi connectivity index (χ4v) is 2.28. The maximum atomic E-state index is 9.83. The van der Waals surface area contributed by atoms with Gasteiger partial charge in [-0.1, -0.05) is 48.5 Å². The lowest BCUT2D eigenvalue weighted by Crippen LogP contribution is -2.07. The van der Waals surface area contributed by atoms with Crippen LogP contribution in [0.2, 0.25) is 0 Å². The summed E-state index contributed by atoms with van der Waals surface area (Å²) >= 11 is 0. The number of hydrogen-bond donors (Lipinski definition) is 1. The summed E-state index contributed by atoms with van der Waals surface area (Å²) in [6.45, 7) is 4.26. The maximum absolute atomic E-state index is 9.83. The standard InChI is InChI=1S/C20H24O2/c1-2-3-9-19(21)13-10-17-11-14-20(15-12-17)22-16-18-7-5-4-6-8-18/h2,4-8,11-12,14-15,19,21H,1,3,9-10,13,16H2/t19-/m1/s1. The molecule has 2 rings (SSSR count). The summed E-state index contributed by atoms with van der Waals surface area (Å²) < 4.78 is 5.77. The van der Waals surface area contributed by atoms with Crippen LogP contribution >= 0.6 is 0 Å². The van der Waals surface area contributed by atoms with Gasteiger partial charge in [0, 0.05) is 0 Å². The first-order chi connectivity index (χ1) is 10.8. The molecule has 0 heterocycles. The highest BCUT2D eigenvalue weighted by Gasteiger charge is 2.04. The first-order valence-electron chi connectivity index (χ1n) is 7.82. The summed E-state index contributed by atoms with van der Waals surface area (Å²) in [4.78, 5) is 0. The van der Waals surface area contributed by atoms with Gasteiger partial charge in [-0.25, -0.2) is 0 Å². The van der Waals surface area contributed by atoms with Gasteiger partial charge in [0.15, 0.2) is 0 Å². The predicted octanol–water partition coefficient (Wildman–Crippen LogP) is 4.53. The summed E-state index contributed by atoms with van der Waals surface area (Å²) in [7, 11) is 0. The second kappa shape index (κ2) is 9.06. The fourth-order valence-electron chi connectivity index (χ4n) is 2.28.